The van der Waals surface area contributed by atoms with E-state index in [1.165, 1.54) is 0 Å². The maximum absolute atomic E-state index is 13.5. The summed E-state index contributed by atoms with van der Waals surface area (Å²) in [6.07, 6.45) is 1.50. The fraction of sp³-hybridized carbons (Fsp3) is 1.00. The molecule has 0 aromatic rings. The van der Waals surface area contributed by atoms with Gasteiger partial charge in [-0.25, -0.2) is 8.78 Å². The van der Waals surface area contributed by atoms with Crippen molar-refractivity contribution in [1.82, 2.24) is 0 Å². The molecule has 0 aliphatic carbocycles. The lowest BCUT2D eigenvalue weighted by atomic mass is 9.85. The highest BCUT2D eigenvalue weighted by molar-refractivity contribution is 4.76. The molecule has 0 aliphatic heterocycles. The van der Waals surface area contributed by atoms with Gasteiger partial charge in [0.25, 0.3) is 0 Å². The Balaban J connectivity index is 3.95. The van der Waals surface area contributed by atoms with Crippen LogP contribution in [0.3, 0.4) is 0 Å². The second-order valence-corrected chi connectivity index (χ2v) is 7.01. The summed E-state index contributed by atoms with van der Waals surface area (Å²) in [5, 5.41) is 0. The van der Waals surface area contributed by atoms with E-state index in [4.69, 9.17) is 0 Å². The van der Waals surface area contributed by atoms with Gasteiger partial charge in [0.2, 0.25) is 5.92 Å². The molecule has 0 rings (SSSR count). The van der Waals surface area contributed by atoms with Crippen LogP contribution in [-0.2, 0) is 0 Å². The van der Waals surface area contributed by atoms with Crippen LogP contribution in [0.25, 0.3) is 0 Å². The van der Waals surface area contributed by atoms with Gasteiger partial charge in [-0.2, -0.15) is 0 Å². The van der Waals surface area contributed by atoms with Crippen LogP contribution in [0, 0.1) is 10.8 Å². The Morgan fingerprint density at radius 1 is 0.733 bits per heavy atom. The summed E-state index contributed by atoms with van der Waals surface area (Å²) in [7, 11) is 0. The third-order valence-electron chi connectivity index (χ3n) is 2.26. The van der Waals surface area contributed by atoms with Crippen molar-refractivity contribution in [3.63, 3.8) is 0 Å². The molecular formula is C13H26F2. The molecule has 2 heteroatoms. The molecule has 0 bridgehead atoms. The Kier molecular flexibility index (Phi) is 4.75. The number of rotatable bonds is 4. The van der Waals surface area contributed by atoms with Gasteiger partial charge in [0, 0.05) is 12.8 Å². The number of alkyl halides is 2. The first-order chi connectivity index (χ1) is 6.41. The Morgan fingerprint density at radius 2 is 1.20 bits per heavy atom. The Hall–Kier alpha value is -0.140. The average molecular weight is 220 g/mol. The zero-order chi connectivity index (χ0) is 12.3. The molecule has 0 unspecified atom stereocenters. The lowest BCUT2D eigenvalue weighted by molar-refractivity contribution is -0.0460. The van der Waals surface area contributed by atoms with E-state index in [0.29, 0.717) is 6.42 Å². The van der Waals surface area contributed by atoms with E-state index in [9.17, 15) is 8.78 Å². The molecule has 0 fully saturated rings. The van der Waals surface area contributed by atoms with Crippen molar-refractivity contribution < 1.29 is 8.78 Å². The minimum absolute atomic E-state index is 0.00978. The van der Waals surface area contributed by atoms with Crippen LogP contribution < -0.4 is 0 Å². The summed E-state index contributed by atoms with van der Waals surface area (Å²) in [6.45, 7) is 11.9. The predicted octanol–water partition coefficient (Wildman–Crippen LogP) is 5.27. The summed E-state index contributed by atoms with van der Waals surface area (Å²) < 4.78 is 27.0. The van der Waals surface area contributed by atoms with Gasteiger partial charge in [0.1, 0.15) is 0 Å². The van der Waals surface area contributed by atoms with E-state index < -0.39 is 5.92 Å². The SMILES string of the molecule is CC(C)(C)CCCC(F)(F)CC(C)(C)C. The smallest absolute Gasteiger partial charge is 0.207 e. The molecule has 0 atom stereocenters. The molecule has 0 amide bonds. The number of hydrogen-bond acceptors (Lipinski definition) is 0. The van der Waals surface area contributed by atoms with E-state index >= 15 is 0 Å². The van der Waals surface area contributed by atoms with Gasteiger partial charge >= 0.3 is 0 Å². The monoisotopic (exact) mass is 220 g/mol. The molecule has 0 N–H and O–H groups in total. The summed E-state index contributed by atoms with van der Waals surface area (Å²) in [5.41, 5.74) is -0.122. The van der Waals surface area contributed by atoms with Crippen LogP contribution in [-0.4, -0.2) is 5.92 Å². The predicted molar refractivity (Wildman–Crippen MR) is 62.3 cm³/mol. The van der Waals surface area contributed by atoms with Gasteiger partial charge in [0.05, 0.1) is 0 Å². The first-order valence-electron chi connectivity index (χ1n) is 5.79. The Labute approximate surface area is 93.4 Å². The quantitative estimate of drug-likeness (QED) is 0.605. The second-order valence-electron chi connectivity index (χ2n) is 7.01. The largest absolute Gasteiger partial charge is 0.248 e. The van der Waals surface area contributed by atoms with Crippen LogP contribution in [0.1, 0.15) is 67.2 Å². The van der Waals surface area contributed by atoms with Crippen LogP contribution in [0.15, 0.2) is 0 Å². The van der Waals surface area contributed by atoms with Crippen molar-refractivity contribution in [2.75, 3.05) is 0 Å². The summed E-state index contributed by atoms with van der Waals surface area (Å²) >= 11 is 0. The average Bonchev–Trinajstić information content (AvgIpc) is 1.75. The lowest BCUT2D eigenvalue weighted by Gasteiger charge is -2.26. The van der Waals surface area contributed by atoms with Gasteiger partial charge in [-0.05, 0) is 23.7 Å². The summed E-state index contributed by atoms with van der Waals surface area (Å²) in [4.78, 5) is 0. The molecule has 0 saturated carbocycles. The maximum Gasteiger partial charge on any atom is 0.248 e. The van der Waals surface area contributed by atoms with Crippen molar-refractivity contribution in [3.05, 3.63) is 0 Å². The standard InChI is InChI=1S/C13H26F2/c1-11(2,3)8-7-9-13(14,15)10-12(4,5)6/h7-10H2,1-6H3. The molecule has 0 aromatic carbocycles. The topological polar surface area (TPSA) is 0 Å². The molecule has 0 aromatic heterocycles. The highest BCUT2D eigenvalue weighted by Gasteiger charge is 2.33. The lowest BCUT2D eigenvalue weighted by Crippen LogP contribution is -2.24. The van der Waals surface area contributed by atoms with Gasteiger partial charge < -0.3 is 0 Å². The molecule has 92 valence electrons. The molecular weight excluding hydrogens is 194 g/mol. The molecule has 0 aliphatic rings. The van der Waals surface area contributed by atoms with Crippen molar-refractivity contribution >= 4 is 0 Å². The zero-order valence-corrected chi connectivity index (χ0v) is 11.1. The molecule has 15 heavy (non-hydrogen) atoms. The van der Waals surface area contributed by atoms with Crippen molar-refractivity contribution in [2.24, 2.45) is 10.8 Å². The van der Waals surface area contributed by atoms with Gasteiger partial charge in [-0.15, -0.1) is 0 Å². The van der Waals surface area contributed by atoms with Crippen LogP contribution in [0.4, 0.5) is 8.78 Å². The van der Waals surface area contributed by atoms with Crippen LogP contribution in [0.2, 0.25) is 0 Å². The van der Waals surface area contributed by atoms with Gasteiger partial charge in [0.15, 0.2) is 0 Å². The fourth-order valence-corrected chi connectivity index (χ4v) is 1.74. The zero-order valence-electron chi connectivity index (χ0n) is 11.1. The Morgan fingerprint density at radius 3 is 1.53 bits per heavy atom. The van der Waals surface area contributed by atoms with Gasteiger partial charge in [-0.1, -0.05) is 41.5 Å². The van der Waals surface area contributed by atoms with Crippen molar-refractivity contribution in [3.8, 4) is 0 Å². The fourth-order valence-electron chi connectivity index (χ4n) is 1.74. The van der Waals surface area contributed by atoms with E-state index in [2.05, 4.69) is 20.8 Å². The van der Waals surface area contributed by atoms with E-state index in [1.54, 1.807) is 0 Å². The third kappa shape index (κ3) is 10.1. The highest BCUT2D eigenvalue weighted by atomic mass is 19.3. The van der Waals surface area contributed by atoms with Crippen LogP contribution >= 0.6 is 0 Å². The molecule has 0 heterocycles. The molecule has 0 saturated heterocycles. The Bertz CT molecular complexity index is 182. The minimum atomic E-state index is -2.50. The molecule has 0 spiro atoms. The molecule has 0 nitrogen and oxygen atoms in total. The highest BCUT2D eigenvalue weighted by Crippen LogP contribution is 2.36. The first-order valence-corrected chi connectivity index (χ1v) is 5.79. The normalized spacial score (nSPS) is 14.4. The van der Waals surface area contributed by atoms with Crippen molar-refractivity contribution in [2.45, 2.75) is 73.1 Å². The van der Waals surface area contributed by atoms with Gasteiger partial charge in [-0.3, -0.25) is 0 Å². The summed E-state index contributed by atoms with van der Waals surface area (Å²) in [6, 6.07) is 0. The number of halogens is 2. The number of hydrogen-bond donors (Lipinski definition) is 0. The van der Waals surface area contributed by atoms with E-state index in [-0.39, 0.29) is 23.7 Å². The first kappa shape index (κ1) is 14.9. The van der Waals surface area contributed by atoms with Crippen LogP contribution in [0.5, 0.6) is 0 Å². The summed E-state index contributed by atoms with van der Waals surface area (Å²) in [5.74, 6) is -2.50. The third-order valence-corrected chi connectivity index (χ3v) is 2.26. The van der Waals surface area contributed by atoms with E-state index in [1.807, 2.05) is 20.8 Å². The van der Waals surface area contributed by atoms with E-state index in [0.717, 1.165) is 6.42 Å². The maximum atomic E-state index is 13.5. The van der Waals surface area contributed by atoms with Crippen molar-refractivity contribution in [1.29, 1.82) is 0 Å². The minimum Gasteiger partial charge on any atom is -0.207 e. The molecule has 0 radical (unpaired) electrons. The second kappa shape index (κ2) is 4.80.